The minimum Gasteiger partial charge on any atom is -0.342 e. The van der Waals surface area contributed by atoms with Crippen molar-refractivity contribution in [3.63, 3.8) is 0 Å². The van der Waals surface area contributed by atoms with E-state index in [0.717, 1.165) is 25.9 Å². The molecule has 0 bridgehead atoms. The van der Waals surface area contributed by atoms with E-state index in [-0.39, 0.29) is 17.4 Å². The summed E-state index contributed by atoms with van der Waals surface area (Å²) < 4.78 is 0. The van der Waals surface area contributed by atoms with Gasteiger partial charge in [0.25, 0.3) is 0 Å². The monoisotopic (exact) mass is 266 g/mol. The standard InChI is InChI=1S/C14H22N2OS/c1-11(9-12-5-4-8-18-12)16(3)13(17)14(2)6-7-15-10-14/h4-5,8,11,15H,6-7,9-10H2,1-3H3. The lowest BCUT2D eigenvalue weighted by molar-refractivity contribution is -0.140. The minimum atomic E-state index is -0.210. The maximum Gasteiger partial charge on any atom is 0.229 e. The molecule has 1 fully saturated rings. The van der Waals surface area contributed by atoms with Crippen LogP contribution in [0.4, 0.5) is 0 Å². The summed E-state index contributed by atoms with van der Waals surface area (Å²) in [5.41, 5.74) is -0.210. The van der Waals surface area contributed by atoms with Gasteiger partial charge in [-0.3, -0.25) is 4.79 Å². The van der Waals surface area contributed by atoms with Crippen LogP contribution in [0.5, 0.6) is 0 Å². The van der Waals surface area contributed by atoms with Crippen molar-refractivity contribution in [3.8, 4) is 0 Å². The lowest BCUT2D eigenvalue weighted by Crippen LogP contribution is -2.46. The Kier molecular flexibility index (Phi) is 4.07. The zero-order chi connectivity index (χ0) is 13.2. The van der Waals surface area contributed by atoms with Crippen molar-refractivity contribution in [2.45, 2.75) is 32.7 Å². The number of hydrogen-bond acceptors (Lipinski definition) is 3. The molecule has 0 aromatic carbocycles. The van der Waals surface area contributed by atoms with Crippen LogP contribution in [-0.2, 0) is 11.2 Å². The van der Waals surface area contributed by atoms with Crippen molar-refractivity contribution in [1.29, 1.82) is 0 Å². The molecule has 1 N–H and O–H groups in total. The van der Waals surface area contributed by atoms with Crippen molar-refractivity contribution >= 4 is 17.2 Å². The number of likely N-dealkylation sites (N-methyl/N-ethyl adjacent to an activating group) is 1. The fourth-order valence-corrected chi connectivity index (χ4v) is 3.31. The molecule has 1 amide bonds. The van der Waals surface area contributed by atoms with Gasteiger partial charge in [-0.1, -0.05) is 6.07 Å². The zero-order valence-corrected chi connectivity index (χ0v) is 12.2. The van der Waals surface area contributed by atoms with E-state index < -0.39 is 0 Å². The fraction of sp³-hybridized carbons (Fsp3) is 0.643. The smallest absolute Gasteiger partial charge is 0.229 e. The van der Waals surface area contributed by atoms with Crippen molar-refractivity contribution < 1.29 is 4.79 Å². The number of carbonyl (C=O) groups is 1. The zero-order valence-electron chi connectivity index (χ0n) is 11.4. The third kappa shape index (κ3) is 2.75. The molecule has 3 nitrogen and oxygen atoms in total. The largest absolute Gasteiger partial charge is 0.342 e. The van der Waals surface area contributed by atoms with Gasteiger partial charge < -0.3 is 10.2 Å². The van der Waals surface area contributed by atoms with Crippen LogP contribution in [0, 0.1) is 5.41 Å². The molecule has 18 heavy (non-hydrogen) atoms. The molecule has 1 aromatic heterocycles. The Balaban J connectivity index is 1.97. The first-order valence-corrected chi connectivity index (χ1v) is 7.41. The third-order valence-corrected chi connectivity index (χ3v) is 4.84. The van der Waals surface area contributed by atoms with E-state index in [1.54, 1.807) is 11.3 Å². The molecule has 2 unspecified atom stereocenters. The van der Waals surface area contributed by atoms with Gasteiger partial charge in [0, 0.05) is 30.9 Å². The molecular formula is C14H22N2OS. The highest BCUT2D eigenvalue weighted by atomic mass is 32.1. The van der Waals surface area contributed by atoms with Gasteiger partial charge >= 0.3 is 0 Å². The predicted octanol–water partition coefficient (Wildman–Crippen LogP) is 2.14. The highest BCUT2D eigenvalue weighted by molar-refractivity contribution is 7.09. The van der Waals surface area contributed by atoms with Crippen molar-refractivity contribution in [3.05, 3.63) is 22.4 Å². The first-order valence-electron chi connectivity index (χ1n) is 6.53. The van der Waals surface area contributed by atoms with E-state index in [1.165, 1.54) is 4.88 Å². The van der Waals surface area contributed by atoms with E-state index in [4.69, 9.17) is 0 Å². The number of carbonyl (C=O) groups excluding carboxylic acids is 1. The Labute approximate surface area is 113 Å². The second-order valence-electron chi connectivity index (χ2n) is 5.54. The Hall–Kier alpha value is -0.870. The molecule has 0 saturated carbocycles. The van der Waals surface area contributed by atoms with Crippen LogP contribution < -0.4 is 5.32 Å². The lowest BCUT2D eigenvalue weighted by Gasteiger charge is -2.32. The van der Waals surface area contributed by atoms with Crippen molar-refractivity contribution in [2.75, 3.05) is 20.1 Å². The van der Waals surface area contributed by atoms with Gasteiger partial charge in [-0.05, 0) is 38.3 Å². The average molecular weight is 266 g/mol. The van der Waals surface area contributed by atoms with Crippen molar-refractivity contribution in [1.82, 2.24) is 10.2 Å². The second-order valence-corrected chi connectivity index (χ2v) is 6.57. The molecule has 1 aliphatic rings. The Morgan fingerprint density at radius 3 is 3.00 bits per heavy atom. The van der Waals surface area contributed by atoms with Gasteiger partial charge in [-0.15, -0.1) is 11.3 Å². The molecule has 4 heteroatoms. The molecule has 2 rings (SSSR count). The molecule has 1 aromatic rings. The van der Waals surface area contributed by atoms with Crippen molar-refractivity contribution in [2.24, 2.45) is 5.41 Å². The summed E-state index contributed by atoms with van der Waals surface area (Å²) in [6.45, 7) is 5.96. The molecule has 0 spiro atoms. The lowest BCUT2D eigenvalue weighted by atomic mass is 9.87. The van der Waals surface area contributed by atoms with Crippen LogP contribution in [0.25, 0.3) is 0 Å². The average Bonchev–Trinajstić information content (AvgIpc) is 2.99. The van der Waals surface area contributed by atoms with Crippen LogP contribution >= 0.6 is 11.3 Å². The quantitative estimate of drug-likeness (QED) is 0.905. The van der Waals surface area contributed by atoms with E-state index in [2.05, 4.69) is 36.7 Å². The van der Waals surface area contributed by atoms with Crippen LogP contribution in [0.15, 0.2) is 17.5 Å². The summed E-state index contributed by atoms with van der Waals surface area (Å²) in [7, 11) is 1.93. The molecular weight excluding hydrogens is 244 g/mol. The maximum absolute atomic E-state index is 12.5. The highest BCUT2D eigenvalue weighted by Crippen LogP contribution is 2.28. The molecule has 0 aliphatic carbocycles. The fourth-order valence-electron chi connectivity index (χ4n) is 2.48. The number of hydrogen-bond donors (Lipinski definition) is 1. The number of nitrogens with one attached hydrogen (secondary N) is 1. The molecule has 0 radical (unpaired) electrons. The van der Waals surface area contributed by atoms with Crippen LogP contribution in [0.3, 0.4) is 0 Å². The van der Waals surface area contributed by atoms with E-state index in [0.29, 0.717) is 0 Å². The predicted molar refractivity (Wildman–Crippen MR) is 75.8 cm³/mol. The third-order valence-electron chi connectivity index (χ3n) is 3.94. The van der Waals surface area contributed by atoms with E-state index in [1.807, 2.05) is 11.9 Å². The Bertz CT molecular complexity index is 396. The van der Waals surface area contributed by atoms with Crippen LogP contribution in [0.1, 0.15) is 25.1 Å². The number of thiophene rings is 1. The van der Waals surface area contributed by atoms with Gasteiger partial charge in [-0.2, -0.15) is 0 Å². The van der Waals surface area contributed by atoms with E-state index >= 15 is 0 Å². The number of amides is 1. The first-order chi connectivity index (χ1) is 8.53. The van der Waals surface area contributed by atoms with Crippen LogP contribution in [-0.4, -0.2) is 37.0 Å². The summed E-state index contributed by atoms with van der Waals surface area (Å²) in [6, 6.07) is 4.46. The molecule has 100 valence electrons. The van der Waals surface area contributed by atoms with Gasteiger partial charge in [0.1, 0.15) is 0 Å². The normalized spacial score (nSPS) is 25.1. The topological polar surface area (TPSA) is 32.3 Å². The highest BCUT2D eigenvalue weighted by Gasteiger charge is 2.39. The molecule has 2 heterocycles. The van der Waals surface area contributed by atoms with Crippen LogP contribution in [0.2, 0.25) is 0 Å². The second kappa shape index (κ2) is 5.41. The molecule has 1 saturated heterocycles. The maximum atomic E-state index is 12.5. The summed E-state index contributed by atoms with van der Waals surface area (Å²) in [6.07, 6.45) is 1.89. The SMILES string of the molecule is CC(Cc1cccs1)N(C)C(=O)C1(C)CCNC1. The Morgan fingerprint density at radius 1 is 1.67 bits per heavy atom. The summed E-state index contributed by atoms with van der Waals surface area (Å²) in [5, 5.41) is 5.38. The molecule has 2 atom stereocenters. The molecule has 1 aliphatic heterocycles. The van der Waals surface area contributed by atoms with Gasteiger partial charge in [0.2, 0.25) is 5.91 Å². The van der Waals surface area contributed by atoms with E-state index in [9.17, 15) is 4.79 Å². The van der Waals surface area contributed by atoms with Gasteiger partial charge in [0.05, 0.1) is 5.41 Å². The Morgan fingerprint density at radius 2 is 2.44 bits per heavy atom. The summed E-state index contributed by atoms with van der Waals surface area (Å²) in [5.74, 6) is 0.275. The summed E-state index contributed by atoms with van der Waals surface area (Å²) >= 11 is 1.76. The summed E-state index contributed by atoms with van der Waals surface area (Å²) in [4.78, 5) is 15.8. The van der Waals surface area contributed by atoms with Gasteiger partial charge in [-0.25, -0.2) is 0 Å². The minimum absolute atomic E-state index is 0.210. The number of rotatable bonds is 4. The number of nitrogens with zero attached hydrogens (tertiary/aromatic N) is 1. The van der Waals surface area contributed by atoms with Gasteiger partial charge in [0.15, 0.2) is 0 Å². The first kappa shape index (κ1) is 13.6.